The van der Waals surface area contributed by atoms with Crippen molar-refractivity contribution in [1.82, 2.24) is 9.80 Å². The maximum Gasteiger partial charge on any atom is 0.338 e. The normalized spacial score (nSPS) is 17.8. The summed E-state index contributed by atoms with van der Waals surface area (Å²) in [6.45, 7) is 2.06. The zero-order chi connectivity index (χ0) is 25.8. The van der Waals surface area contributed by atoms with Crippen molar-refractivity contribution in [1.29, 1.82) is 0 Å². The van der Waals surface area contributed by atoms with Crippen molar-refractivity contribution in [2.24, 2.45) is 5.92 Å². The van der Waals surface area contributed by atoms with E-state index in [1.807, 2.05) is 6.92 Å². The number of urea groups is 2. The molecule has 1 unspecified atom stereocenters. The van der Waals surface area contributed by atoms with Crippen LogP contribution in [-0.4, -0.2) is 58.6 Å². The van der Waals surface area contributed by atoms with Gasteiger partial charge in [0.2, 0.25) is 23.6 Å². The number of nitrogens with zero attached hydrogens (tertiary/aromatic N) is 4. The van der Waals surface area contributed by atoms with Gasteiger partial charge in [-0.3, -0.25) is 29.0 Å². The average Bonchev–Trinajstić information content (AvgIpc) is 2.85. The van der Waals surface area contributed by atoms with Crippen LogP contribution in [0.1, 0.15) is 32.6 Å². The molecule has 36 heavy (non-hydrogen) atoms. The van der Waals surface area contributed by atoms with Gasteiger partial charge in [-0.1, -0.05) is 43.3 Å². The molecule has 10 nitrogen and oxygen atoms in total. The molecule has 2 saturated heterocycles. The maximum absolute atomic E-state index is 13.0. The standard InChI is InChI=1S/C26H26N4O6/c1-18(17-28-22(32)16-24(34)30(26(28)36)20-12-6-3-7-13-20)9-8-14-27-21(31)15-23(33)29(25(27)35)19-10-4-2-5-11-19/h2-7,10-13,18H,8-9,14-17H2,1H3. The number of para-hydroxylation sites is 2. The van der Waals surface area contributed by atoms with Crippen LogP contribution in [0.2, 0.25) is 0 Å². The van der Waals surface area contributed by atoms with Gasteiger partial charge in [0.05, 0.1) is 11.4 Å². The van der Waals surface area contributed by atoms with Gasteiger partial charge in [-0.15, -0.1) is 0 Å². The second-order valence-corrected chi connectivity index (χ2v) is 8.85. The quantitative estimate of drug-likeness (QED) is 0.525. The Balaban J connectivity index is 1.35. The highest BCUT2D eigenvalue weighted by Gasteiger charge is 2.40. The topological polar surface area (TPSA) is 115 Å². The van der Waals surface area contributed by atoms with E-state index in [2.05, 4.69) is 0 Å². The van der Waals surface area contributed by atoms with Crippen molar-refractivity contribution < 1.29 is 28.8 Å². The Bertz CT molecular complexity index is 1200. The highest BCUT2D eigenvalue weighted by molar-refractivity contribution is 6.27. The Morgan fingerprint density at radius 2 is 1.08 bits per heavy atom. The number of amides is 8. The van der Waals surface area contributed by atoms with Crippen molar-refractivity contribution in [3.05, 3.63) is 60.7 Å². The van der Waals surface area contributed by atoms with Gasteiger partial charge >= 0.3 is 12.1 Å². The van der Waals surface area contributed by atoms with Crippen LogP contribution in [0.25, 0.3) is 0 Å². The molecule has 2 aromatic rings. The Kier molecular flexibility index (Phi) is 7.23. The van der Waals surface area contributed by atoms with E-state index in [0.29, 0.717) is 24.2 Å². The van der Waals surface area contributed by atoms with E-state index in [4.69, 9.17) is 0 Å². The van der Waals surface area contributed by atoms with E-state index in [1.165, 1.54) is 0 Å². The molecule has 2 aliphatic rings. The molecule has 0 aliphatic carbocycles. The molecule has 4 rings (SSSR count). The zero-order valence-corrected chi connectivity index (χ0v) is 19.8. The summed E-state index contributed by atoms with van der Waals surface area (Å²) in [4.78, 5) is 79.6. The molecular weight excluding hydrogens is 464 g/mol. The average molecular weight is 491 g/mol. The van der Waals surface area contributed by atoms with Crippen LogP contribution in [-0.2, 0) is 19.2 Å². The minimum Gasteiger partial charge on any atom is -0.274 e. The van der Waals surface area contributed by atoms with E-state index >= 15 is 0 Å². The second-order valence-electron chi connectivity index (χ2n) is 8.85. The molecule has 0 spiro atoms. The van der Waals surface area contributed by atoms with Gasteiger partial charge < -0.3 is 0 Å². The fourth-order valence-corrected chi connectivity index (χ4v) is 4.34. The van der Waals surface area contributed by atoms with Crippen LogP contribution in [0, 0.1) is 5.92 Å². The van der Waals surface area contributed by atoms with Crippen molar-refractivity contribution >= 4 is 47.1 Å². The number of rotatable bonds is 8. The van der Waals surface area contributed by atoms with Crippen LogP contribution in [0.5, 0.6) is 0 Å². The molecule has 0 aromatic heterocycles. The minimum absolute atomic E-state index is 0.102. The predicted octanol–water partition coefficient (Wildman–Crippen LogP) is 3.17. The number of imide groups is 4. The lowest BCUT2D eigenvalue weighted by molar-refractivity contribution is -0.136. The molecule has 0 saturated carbocycles. The Morgan fingerprint density at radius 3 is 1.58 bits per heavy atom. The van der Waals surface area contributed by atoms with Crippen LogP contribution in [0.4, 0.5) is 21.0 Å². The summed E-state index contributed by atoms with van der Waals surface area (Å²) >= 11 is 0. The summed E-state index contributed by atoms with van der Waals surface area (Å²) in [6.07, 6.45) is 0.142. The zero-order valence-electron chi connectivity index (χ0n) is 19.8. The van der Waals surface area contributed by atoms with Crippen LogP contribution in [0.15, 0.2) is 60.7 Å². The van der Waals surface area contributed by atoms with Crippen molar-refractivity contribution in [2.45, 2.75) is 32.6 Å². The van der Waals surface area contributed by atoms with E-state index in [9.17, 15) is 28.8 Å². The summed E-state index contributed by atoms with van der Waals surface area (Å²) in [5.74, 6) is -2.39. The first kappa shape index (κ1) is 24.8. The van der Waals surface area contributed by atoms with Crippen LogP contribution in [0.3, 0.4) is 0 Å². The first-order valence-electron chi connectivity index (χ1n) is 11.7. The Morgan fingerprint density at radius 1 is 0.639 bits per heavy atom. The predicted molar refractivity (Wildman–Crippen MR) is 130 cm³/mol. The fraction of sp³-hybridized carbons (Fsp3) is 0.308. The molecular formula is C26H26N4O6. The van der Waals surface area contributed by atoms with Gasteiger partial charge in [-0.2, -0.15) is 0 Å². The lowest BCUT2D eigenvalue weighted by atomic mass is 10.0. The minimum atomic E-state index is -0.687. The summed E-state index contributed by atoms with van der Waals surface area (Å²) in [7, 11) is 0. The molecule has 2 fully saturated rings. The van der Waals surface area contributed by atoms with Gasteiger partial charge in [0.15, 0.2) is 0 Å². The monoisotopic (exact) mass is 490 g/mol. The Hall–Kier alpha value is -4.34. The van der Waals surface area contributed by atoms with Gasteiger partial charge in [0.1, 0.15) is 12.8 Å². The van der Waals surface area contributed by atoms with E-state index in [0.717, 1.165) is 19.6 Å². The third kappa shape index (κ3) is 5.02. The number of barbiturate groups is 2. The van der Waals surface area contributed by atoms with E-state index < -0.39 is 48.5 Å². The summed E-state index contributed by atoms with van der Waals surface area (Å²) in [5, 5.41) is 0. The lowest BCUT2D eigenvalue weighted by Gasteiger charge is -2.34. The number of benzene rings is 2. The molecule has 0 bridgehead atoms. The SMILES string of the molecule is CC(CCCN1C(=O)CC(=O)N(c2ccccc2)C1=O)CN1C(=O)CC(=O)N(c2ccccc2)C1=O. The summed E-state index contributed by atoms with van der Waals surface area (Å²) in [6, 6.07) is 15.5. The number of hydrogen-bond donors (Lipinski definition) is 0. The van der Waals surface area contributed by atoms with Crippen molar-refractivity contribution in [3.63, 3.8) is 0 Å². The van der Waals surface area contributed by atoms with Crippen molar-refractivity contribution in [3.8, 4) is 0 Å². The summed E-state index contributed by atoms with van der Waals surface area (Å²) < 4.78 is 0. The molecule has 0 radical (unpaired) electrons. The van der Waals surface area contributed by atoms with E-state index in [1.54, 1.807) is 60.7 Å². The van der Waals surface area contributed by atoms with Gasteiger partial charge in [0.25, 0.3) is 0 Å². The molecule has 1 atom stereocenters. The molecule has 8 amide bonds. The lowest BCUT2D eigenvalue weighted by Crippen LogP contribution is -2.56. The first-order chi connectivity index (χ1) is 17.3. The first-order valence-corrected chi connectivity index (χ1v) is 11.7. The molecule has 186 valence electrons. The van der Waals surface area contributed by atoms with Gasteiger partial charge in [-0.25, -0.2) is 19.4 Å². The molecule has 2 heterocycles. The van der Waals surface area contributed by atoms with Gasteiger partial charge in [0, 0.05) is 13.1 Å². The van der Waals surface area contributed by atoms with Crippen LogP contribution < -0.4 is 9.80 Å². The molecule has 0 N–H and O–H groups in total. The number of hydrogen-bond acceptors (Lipinski definition) is 6. The van der Waals surface area contributed by atoms with Crippen LogP contribution >= 0.6 is 0 Å². The summed E-state index contributed by atoms with van der Waals surface area (Å²) in [5.41, 5.74) is 0.801. The number of carbonyl (C=O) groups excluding carboxylic acids is 6. The third-order valence-corrected chi connectivity index (χ3v) is 6.15. The Labute approximate surface area is 208 Å². The highest BCUT2D eigenvalue weighted by atomic mass is 16.2. The molecule has 2 aromatic carbocycles. The second kappa shape index (κ2) is 10.5. The molecule has 2 aliphatic heterocycles. The van der Waals surface area contributed by atoms with Crippen molar-refractivity contribution in [2.75, 3.05) is 22.9 Å². The fourth-order valence-electron chi connectivity index (χ4n) is 4.34. The number of carbonyl (C=O) groups is 6. The smallest absolute Gasteiger partial charge is 0.274 e. The highest BCUT2D eigenvalue weighted by Crippen LogP contribution is 2.24. The largest absolute Gasteiger partial charge is 0.338 e. The molecule has 10 heteroatoms. The van der Waals surface area contributed by atoms with E-state index in [-0.39, 0.29) is 19.0 Å². The number of anilines is 2. The van der Waals surface area contributed by atoms with Gasteiger partial charge in [-0.05, 0) is 43.0 Å². The maximum atomic E-state index is 13.0. The third-order valence-electron chi connectivity index (χ3n) is 6.15.